The minimum atomic E-state index is -0.201. The van der Waals surface area contributed by atoms with Gasteiger partial charge in [-0.15, -0.1) is 0 Å². The van der Waals surface area contributed by atoms with Gasteiger partial charge in [-0.3, -0.25) is 9.78 Å². The molecule has 0 aliphatic rings. The van der Waals surface area contributed by atoms with E-state index < -0.39 is 0 Å². The molecule has 4 heteroatoms. The summed E-state index contributed by atoms with van der Waals surface area (Å²) in [6.07, 6.45) is 2.77. The van der Waals surface area contributed by atoms with Crippen molar-refractivity contribution in [2.24, 2.45) is 0 Å². The maximum atomic E-state index is 11.7. The van der Waals surface area contributed by atoms with Crippen LogP contribution in [-0.4, -0.2) is 34.0 Å². The summed E-state index contributed by atoms with van der Waals surface area (Å²) in [5, 5.41) is 9.68. The van der Waals surface area contributed by atoms with Crippen molar-refractivity contribution in [1.82, 2.24) is 9.88 Å². The Morgan fingerprint density at radius 2 is 2.12 bits per heavy atom. The SMILES string of the molecule is CCN(CC)C(=O)/C=C(/O)c1ccccn1. The molecule has 4 nitrogen and oxygen atoms in total. The lowest BCUT2D eigenvalue weighted by molar-refractivity contribution is -0.125. The fraction of sp³-hybridized carbons (Fsp3) is 0.333. The maximum Gasteiger partial charge on any atom is 0.250 e. The van der Waals surface area contributed by atoms with Crippen LogP contribution in [0.5, 0.6) is 0 Å². The molecule has 0 aliphatic carbocycles. The molecule has 0 spiro atoms. The van der Waals surface area contributed by atoms with Crippen molar-refractivity contribution in [3.63, 3.8) is 0 Å². The molecule has 1 N–H and O–H groups in total. The van der Waals surface area contributed by atoms with Crippen molar-refractivity contribution in [3.8, 4) is 0 Å². The van der Waals surface area contributed by atoms with E-state index in [1.54, 1.807) is 29.3 Å². The van der Waals surface area contributed by atoms with Gasteiger partial charge in [-0.25, -0.2) is 0 Å². The number of carbonyl (C=O) groups is 1. The van der Waals surface area contributed by atoms with Gasteiger partial charge in [0.15, 0.2) is 0 Å². The smallest absolute Gasteiger partial charge is 0.250 e. The van der Waals surface area contributed by atoms with Crippen LogP contribution in [0.15, 0.2) is 30.5 Å². The average molecular weight is 220 g/mol. The average Bonchev–Trinajstić information content (AvgIpc) is 2.31. The Labute approximate surface area is 95.2 Å². The van der Waals surface area contributed by atoms with Gasteiger partial charge in [-0.05, 0) is 26.0 Å². The normalized spacial score (nSPS) is 11.2. The number of aliphatic hydroxyl groups is 1. The third kappa shape index (κ3) is 3.08. The molecule has 0 saturated carbocycles. The van der Waals surface area contributed by atoms with Crippen molar-refractivity contribution >= 4 is 11.7 Å². The second-order valence-electron chi connectivity index (χ2n) is 3.26. The van der Waals surface area contributed by atoms with Crippen LogP contribution in [0.3, 0.4) is 0 Å². The third-order valence-electron chi connectivity index (χ3n) is 2.26. The van der Waals surface area contributed by atoms with Gasteiger partial charge >= 0.3 is 0 Å². The summed E-state index contributed by atoms with van der Waals surface area (Å²) in [6, 6.07) is 5.17. The van der Waals surface area contributed by atoms with E-state index in [0.717, 1.165) is 0 Å². The summed E-state index contributed by atoms with van der Waals surface area (Å²) in [5.74, 6) is -0.300. The van der Waals surface area contributed by atoms with E-state index in [9.17, 15) is 9.90 Å². The van der Waals surface area contributed by atoms with Crippen molar-refractivity contribution in [2.45, 2.75) is 13.8 Å². The lowest BCUT2D eigenvalue weighted by Crippen LogP contribution is -2.29. The van der Waals surface area contributed by atoms with Gasteiger partial charge in [-0.2, -0.15) is 0 Å². The summed E-state index contributed by atoms with van der Waals surface area (Å²) < 4.78 is 0. The first-order valence-corrected chi connectivity index (χ1v) is 5.30. The fourth-order valence-corrected chi connectivity index (χ4v) is 1.33. The Morgan fingerprint density at radius 3 is 2.62 bits per heavy atom. The molecular formula is C12H16N2O2. The topological polar surface area (TPSA) is 53.4 Å². The number of hydrogen-bond acceptors (Lipinski definition) is 3. The number of pyridine rings is 1. The number of nitrogens with zero attached hydrogens (tertiary/aromatic N) is 2. The van der Waals surface area contributed by atoms with E-state index in [2.05, 4.69) is 4.98 Å². The molecule has 1 heterocycles. The first kappa shape index (κ1) is 12.2. The highest BCUT2D eigenvalue weighted by Crippen LogP contribution is 2.07. The first-order chi connectivity index (χ1) is 7.69. The van der Waals surface area contributed by atoms with Crippen LogP contribution < -0.4 is 0 Å². The minimum absolute atomic E-state index is 0.0995. The number of hydrogen-bond donors (Lipinski definition) is 1. The Kier molecular flexibility index (Phi) is 4.51. The highest BCUT2D eigenvalue weighted by molar-refractivity contribution is 5.93. The number of aliphatic hydroxyl groups excluding tert-OH is 1. The lowest BCUT2D eigenvalue weighted by atomic mass is 10.3. The minimum Gasteiger partial charge on any atom is -0.505 e. The summed E-state index contributed by atoms with van der Waals surface area (Å²) in [5.41, 5.74) is 0.406. The van der Waals surface area contributed by atoms with Crippen molar-refractivity contribution in [1.29, 1.82) is 0 Å². The zero-order valence-corrected chi connectivity index (χ0v) is 9.55. The Morgan fingerprint density at radius 1 is 1.44 bits per heavy atom. The van der Waals surface area contributed by atoms with Crippen LogP contribution in [0.2, 0.25) is 0 Å². The van der Waals surface area contributed by atoms with E-state index in [-0.39, 0.29) is 11.7 Å². The molecule has 16 heavy (non-hydrogen) atoms. The molecule has 0 radical (unpaired) electrons. The van der Waals surface area contributed by atoms with Crippen LogP contribution in [0.4, 0.5) is 0 Å². The number of amides is 1. The zero-order chi connectivity index (χ0) is 12.0. The molecular weight excluding hydrogens is 204 g/mol. The number of rotatable bonds is 4. The maximum absolute atomic E-state index is 11.7. The van der Waals surface area contributed by atoms with Crippen LogP contribution in [0.1, 0.15) is 19.5 Å². The monoisotopic (exact) mass is 220 g/mol. The molecule has 0 atom stereocenters. The molecule has 1 aromatic rings. The van der Waals surface area contributed by atoms with Crippen molar-refractivity contribution in [2.75, 3.05) is 13.1 Å². The molecule has 0 fully saturated rings. The van der Waals surface area contributed by atoms with E-state index in [4.69, 9.17) is 0 Å². The van der Waals surface area contributed by atoms with Crippen LogP contribution in [0.25, 0.3) is 5.76 Å². The van der Waals surface area contributed by atoms with Gasteiger partial charge in [0.2, 0.25) is 5.91 Å². The lowest BCUT2D eigenvalue weighted by Gasteiger charge is -2.16. The molecule has 1 aromatic heterocycles. The molecule has 0 unspecified atom stereocenters. The molecule has 1 rings (SSSR count). The summed E-state index contributed by atoms with van der Waals surface area (Å²) in [7, 11) is 0. The predicted molar refractivity (Wildman–Crippen MR) is 62.8 cm³/mol. The Bertz CT molecular complexity index is 370. The van der Waals surface area contributed by atoms with Crippen LogP contribution in [-0.2, 0) is 4.79 Å². The van der Waals surface area contributed by atoms with Crippen molar-refractivity contribution in [3.05, 3.63) is 36.2 Å². The molecule has 1 amide bonds. The van der Waals surface area contributed by atoms with E-state index >= 15 is 0 Å². The molecule has 0 saturated heterocycles. The molecule has 0 aromatic carbocycles. The third-order valence-corrected chi connectivity index (χ3v) is 2.26. The van der Waals surface area contributed by atoms with Gasteiger partial charge in [0.05, 0.1) is 0 Å². The summed E-state index contributed by atoms with van der Waals surface area (Å²) in [6.45, 7) is 5.04. The fourth-order valence-electron chi connectivity index (χ4n) is 1.33. The quantitative estimate of drug-likeness (QED) is 0.622. The number of likely N-dealkylation sites (N-methyl/N-ethyl adjacent to an activating group) is 1. The second kappa shape index (κ2) is 5.90. The van der Waals surface area contributed by atoms with Gasteiger partial charge in [-0.1, -0.05) is 6.07 Å². The van der Waals surface area contributed by atoms with Gasteiger partial charge in [0.1, 0.15) is 11.5 Å². The standard InChI is InChI=1S/C12H16N2O2/c1-3-14(4-2)12(16)9-11(15)10-7-5-6-8-13-10/h5-9,15H,3-4H2,1-2H3/b11-9+. The first-order valence-electron chi connectivity index (χ1n) is 5.30. The summed E-state index contributed by atoms with van der Waals surface area (Å²) in [4.78, 5) is 17.2. The van der Waals surface area contributed by atoms with Gasteiger partial charge in [0.25, 0.3) is 0 Å². The molecule has 0 aliphatic heterocycles. The Balaban J connectivity index is 2.81. The van der Waals surface area contributed by atoms with Crippen LogP contribution >= 0.6 is 0 Å². The molecule has 0 bridgehead atoms. The van der Waals surface area contributed by atoms with E-state index in [0.29, 0.717) is 18.8 Å². The predicted octanol–water partition coefficient (Wildman–Crippen LogP) is 1.85. The van der Waals surface area contributed by atoms with Gasteiger partial charge < -0.3 is 10.0 Å². The highest BCUT2D eigenvalue weighted by atomic mass is 16.3. The highest BCUT2D eigenvalue weighted by Gasteiger charge is 2.09. The van der Waals surface area contributed by atoms with E-state index in [1.807, 2.05) is 13.8 Å². The molecule has 86 valence electrons. The largest absolute Gasteiger partial charge is 0.505 e. The zero-order valence-electron chi connectivity index (χ0n) is 9.55. The van der Waals surface area contributed by atoms with Crippen LogP contribution in [0, 0.1) is 0 Å². The number of carbonyl (C=O) groups excluding carboxylic acids is 1. The van der Waals surface area contributed by atoms with Gasteiger partial charge in [0, 0.05) is 25.4 Å². The second-order valence-corrected chi connectivity index (χ2v) is 3.26. The number of aromatic nitrogens is 1. The van der Waals surface area contributed by atoms with E-state index in [1.165, 1.54) is 6.08 Å². The summed E-state index contributed by atoms with van der Waals surface area (Å²) >= 11 is 0. The van der Waals surface area contributed by atoms with Crippen molar-refractivity contribution < 1.29 is 9.90 Å². The Hall–Kier alpha value is -1.84.